The van der Waals surface area contributed by atoms with Gasteiger partial charge in [0, 0.05) is 49.8 Å². The second-order valence-corrected chi connectivity index (χ2v) is 11.1. The Morgan fingerprint density at radius 2 is 1.79 bits per heavy atom. The van der Waals surface area contributed by atoms with Crippen molar-refractivity contribution in [3.63, 3.8) is 0 Å². The van der Waals surface area contributed by atoms with E-state index >= 15 is 0 Å². The van der Waals surface area contributed by atoms with Crippen LogP contribution < -0.4 is 19.7 Å². The number of nitrogens with one attached hydrogen (secondary N) is 1. The van der Waals surface area contributed by atoms with E-state index in [0.717, 1.165) is 50.4 Å². The summed E-state index contributed by atoms with van der Waals surface area (Å²) in [6, 6.07) is 14.9. The average Bonchev–Trinajstić information content (AvgIpc) is 2.98. The first kappa shape index (κ1) is 28.2. The first-order valence-corrected chi connectivity index (χ1v) is 14.6. The van der Waals surface area contributed by atoms with E-state index in [1.807, 2.05) is 30.3 Å². The number of hydrogen-bond acceptors (Lipinski definition) is 11. The van der Waals surface area contributed by atoms with Gasteiger partial charge in [0.15, 0.2) is 0 Å². The van der Waals surface area contributed by atoms with Gasteiger partial charge in [-0.15, -0.1) is 0 Å². The topological polar surface area (TPSA) is 118 Å². The molecule has 11 heteroatoms. The molecule has 0 amide bonds. The van der Waals surface area contributed by atoms with Crippen molar-refractivity contribution in [3.8, 4) is 29.0 Å². The second-order valence-electron chi connectivity index (χ2n) is 11.1. The lowest BCUT2D eigenvalue weighted by atomic mass is 10.0. The number of piperazine rings is 1. The number of rotatable bonds is 8. The van der Waals surface area contributed by atoms with Crippen molar-refractivity contribution < 1.29 is 18.9 Å². The Hall–Kier alpha value is -3.98. The summed E-state index contributed by atoms with van der Waals surface area (Å²) < 4.78 is 22.7. The molecule has 42 heavy (non-hydrogen) atoms. The van der Waals surface area contributed by atoms with Crippen molar-refractivity contribution >= 4 is 17.5 Å². The summed E-state index contributed by atoms with van der Waals surface area (Å²) >= 11 is 0. The Bertz CT molecular complexity index is 1430. The molecule has 3 saturated heterocycles. The molecule has 3 aromatic rings. The van der Waals surface area contributed by atoms with E-state index in [4.69, 9.17) is 23.9 Å². The predicted octanol–water partition coefficient (Wildman–Crippen LogP) is 4.02. The Kier molecular flexibility index (Phi) is 8.37. The molecule has 3 aliphatic heterocycles. The number of nitrogens with zero attached hydrogens (tertiary/aromatic N) is 6. The van der Waals surface area contributed by atoms with Crippen molar-refractivity contribution in [2.45, 2.75) is 50.9 Å². The largest absolute Gasteiger partial charge is 0.489 e. The highest BCUT2D eigenvalue weighted by atomic mass is 16.5. The molecular formula is C31H37N7O4. The van der Waals surface area contributed by atoms with E-state index in [2.05, 4.69) is 45.0 Å². The first-order valence-electron chi connectivity index (χ1n) is 14.6. The van der Waals surface area contributed by atoms with E-state index in [9.17, 15) is 5.26 Å². The molecule has 0 spiro atoms. The molecule has 220 valence electrons. The van der Waals surface area contributed by atoms with E-state index in [0.29, 0.717) is 66.0 Å². The molecule has 0 aliphatic carbocycles. The molecule has 11 nitrogen and oxygen atoms in total. The molecule has 0 saturated carbocycles. The van der Waals surface area contributed by atoms with E-state index in [1.54, 1.807) is 19.4 Å². The molecule has 0 radical (unpaired) electrons. The van der Waals surface area contributed by atoms with Gasteiger partial charge in [-0.3, -0.25) is 4.90 Å². The van der Waals surface area contributed by atoms with Crippen LogP contribution >= 0.6 is 0 Å². The van der Waals surface area contributed by atoms with Gasteiger partial charge in [0.25, 0.3) is 0 Å². The minimum absolute atomic E-state index is 0.0567. The van der Waals surface area contributed by atoms with Gasteiger partial charge in [-0.2, -0.15) is 10.2 Å². The zero-order valence-corrected chi connectivity index (χ0v) is 24.3. The summed E-state index contributed by atoms with van der Waals surface area (Å²) in [5.41, 5.74) is 2.92. The van der Waals surface area contributed by atoms with Crippen LogP contribution in [-0.2, 0) is 9.47 Å². The van der Waals surface area contributed by atoms with Gasteiger partial charge in [0.2, 0.25) is 11.8 Å². The highest BCUT2D eigenvalue weighted by Gasteiger charge is 2.38. The summed E-state index contributed by atoms with van der Waals surface area (Å²) in [5, 5.41) is 13.0. The molecule has 3 aliphatic rings. The standard InChI is InChI=1S/C31H37N7O4/c1-20-16-37(17-21(2)38(20)24-18-41-19-24)27-5-7-29(35-30(27)39-3)36-31-33-11-8-26(34-31)22-4-6-28(23(14-22)15-32)42-25-9-12-40-13-10-25/h4-8,11,14,20-21,24-25H,9-10,12-13,16-19H2,1-3H3,(H,33,34,35,36)/t20-,21+. The molecule has 6 rings (SSSR count). The van der Waals surface area contributed by atoms with Gasteiger partial charge >= 0.3 is 0 Å². The van der Waals surface area contributed by atoms with Crippen molar-refractivity contribution in [3.05, 3.63) is 48.2 Å². The van der Waals surface area contributed by atoms with Crippen LogP contribution in [0.3, 0.4) is 0 Å². The Morgan fingerprint density at radius 3 is 2.48 bits per heavy atom. The van der Waals surface area contributed by atoms with Gasteiger partial charge in [0.05, 0.1) is 50.8 Å². The lowest BCUT2D eigenvalue weighted by Gasteiger charge is -2.51. The number of ether oxygens (including phenoxy) is 4. The maximum atomic E-state index is 9.78. The molecule has 1 aromatic carbocycles. The fraction of sp³-hybridized carbons (Fsp3) is 0.484. The minimum atomic E-state index is 0.0567. The van der Waals surface area contributed by atoms with E-state index in [-0.39, 0.29) is 6.10 Å². The van der Waals surface area contributed by atoms with Crippen LogP contribution in [0.4, 0.5) is 17.5 Å². The zero-order chi connectivity index (χ0) is 29.1. The Labute approximate surface area is 246 Å². The number of benzene rings is 1. The third-order valence-electron chi connectivity index (χ3n) is 8.16. The highest BCUT2D eigenvalue weighted by Crippen LogP contribution is 2.33. The molecule has 5 heterocycles. The molecule has 0 unspecified atom stereocenters. The Balaban J connectivity index is 1.16. The monoisotopic (exact) mass is 571 g/mol. The van der Waals surface area contributed by atoms with Crippen molar-refractivity contribution in [1.29, 1.82) is 5.26 Å². The zero-order valence-electron chi connectivity index (χ0n) is 24.3. The summed E-state index contributed by atoms with van der Waals surface area (Å²) in [6.45, 7) is 9.31. The normalized spacial score (nSPS) is 21.8. The lowest BCUT2D eigenvalue weighted by molar-refractivity contribution is -0.0940. The molecular weight excluding hydrogens is 534 g/mol. The number of hydrogen-bond donors (Lipinski definition) is 1. The molecule has 0 bridgehead atoms. The highest BCUT2D eigenvalue weighted by molar-refractivity contribution is 5.66. The van der Waals surface area contributed by atoms with Crippen LogP contribution in [0.15, 0.2) is 42.6 Å². The molecule has 1 N–H and O–H groups in total. The van der Waals surface area contributed by atoms with Crippen LogP contribution in [0.1, 0.15) is 32.3 Å². The van der Waals surface area contributed by atoms with Gasteiger partial charge in [-0.25, -0.2) is 9.97 Å². The van der Waals surface area contributed by atoms with E-state index < -0.39 is 0 Å². The summed E-state index contributed by atoms with van der Waals surface area (Å²) in [6.07, 6.45) is 3.38. The number of methoxy groups -OCH3 is 1. The molecule has 2 atom stereocenters. The van der Waals surface area contributed by atoms with Gasteiger partial charge in [0.1, 0.15) is 29.4 Å². The molecule has 3 fully saturated rings. The quantitative estimate of drug-likeness (QED) is 0.422. The maximum Gasteiger partial charge on any atom is 0.239 e. The van der Waals surface area contributed by atoms with Crippen LogP contribution in [0.5, 0.6) is 11.6 Å². The fourth-order valence-corrected chi connectivity index (χ4v) is 6.09. The maximum absolute atomic E-state index is 9.78. The van der Waals surface area contributed by atoms with Crippen molar-refractivity contribution in [1.82, 2.24) is 19.9 Å². The Morgan fingerprint density at radius 1 is 1.00 bits per heavy atom. The summed E-state index contributed by atoms with van der Waals surface area (Å²) in [7, 11) is 1.64. The first-order chi connectivity index (χ1) is 20.5. The smallest absolute Gasteiger partial charge is 0.239 e. The summed E-state index contributed by atoms with van der Waals surface area (Å²) in [4.78, 5) is 18.7. The fourth-order valence-electron chi connectivity index (χ4n) is 6.09. The van der Waals surface area contributed by atoms with Crippen molar-refractivity contribution in [2.24, 2.45) is 0 Å². The minimum Gasteiger partial charge on any atom is -0.489 e. The van der Waals surface area contributed by atoms with Gasteiger partial charge in [-0.05, 0) is 50.2 Å². The number of nitriles is 1. The predicted molar refractivity (Wildman–Crippen MR) is 158 cm³/mol. The second kappa shape index (κ2) is 12.5. The third kappa shape index (κ3) is 5.97. The van der Waals surface area contributed by atoms with Crippen LogP contribution in [0, 0.1) is 11.3 Å². The number of anilines is 3. The molecule has 2 aromatic heterocycles. The SMILES string of the molecule is COc1nc(Nc2nccc(-c3ccc(OC4CCOCC4)c(C#N)c3)n2)ccc1N1C[C@@H](C)N(C2COC2)[C@@H](C)C1. The number of pyridine rings is 1. The average molecular weight is 572 g/mol. The third-order valence-corrected chi connectivity index (χ3v) is 8.16. The van der Waals surface area contributed by atoms with Gasteiger partial charge in [-0.1, -0.05) is 0 Å². The van der Waals surface area contributed by atoms with Crippen LogP contribution in [-0.4, -0.2) is 90.7 Å². The van der Waals surface area contributed by atoms with Gasteiger partial charge < -0.3 is 29.2 Å². The summed E-state index contributed by atoms with van der Waals surface area (Å²) in [5.74, 6) is 2.11. The van der Waals surface area contributed by atoms with Crippen LogP contribution in [0.25, 0.3) is 11.3 Å². The van der Waals surface area contributed by atoms with E-state index in [1.165, 1.54) is 0 Å². The lowest BCUT2D eigenvalue weighted by Crippen LogP contribution is -2.64. The van der Waals surface area contributed by atoms with Crippen molar-refractivity contribution in [2.75, 3.05) is 56.8 Å². The van der Waals surface area contributed by atoms with Crippen LogP contribution in [0.2, 0.25) is 0 Å². The number of aromatic nitrogens is 3.